The van der Waals surface area contributed by atoms with Gasteiger partial charge in [0.25, 0.3) is 0 Å². The molecule has 0 radical (unpaired) electrons. The molecule has 1 aromatic carbocycles. The van der Waals surface area contributed by atoms with Gasteiger partial charge in [0.05, 0.1) is 18.4 Å². The molecule has 0 spiro atoms. The van der Waals surface area contributed by atoms with Gasteiger partial charge in [-0.05, 0) is 24.6 Å². The van der Waals surface area contributed by atoms with E-state index in [1.165, 1.54) is 18.3 Å². The zero-order valence-corrected chi connectivity index (χ0v) is 11.1. The third kappa shape index (κ3) is 2.43. The zero-order chi connectivity index (χ0) is 13.3. The van der Waals surface area contributed by atoms with Crippen molar-refractivity contribution in [1.29, 1.82) is 0 Å². The van der Waals surface area contributed by atoms with Gasteiger partial charge in [-0.2, -0.15) is 5.10 Å². The average molecular weight is 313 g/mol. The Balaban J connectivity index is 2.32. The highest BCUT2D eigenvalue weighted by molar-refractivity contribution is 9.10. The number of hydrogen-bond acceptors (Lipinski definition) is 2. The lowest BCUT2D eigenvalue weighted by atomic mass is 10.2. The molecular formula is C12H10BrFN2O2. The summed E-state index contributed by atoms with van der Waals surface area (Å²) in [7, 11) is 0. The Hall–Kier alpha value is -1.69. The molecular weight excluding hydrogens is 303 g/mol. The van der Waals surface area contributed by atoms with Crippen LogP contribution in [0, 0.1) is 12.7 Å². The van der Waals surface area contributed by atoms with Gasteiger partial charge >= 0.3 is 5.97 Å². The molecule has 0 amide bonds. The average Bonchev–Trinajstić information content (AvgIpc) is 2.64. The smallest absolute Gasteiger partial charge is 0.339 e. The summed E-state index contributed by atoms with van der Waals surface area (Å²) >= 11 is 3.27. The molecule has 0 bridgehead atoms. The third-order valence-corrected chi connectivity index (χ3v) is 3.41. The molecule has 0 atom stereocenters. The lowest BCUT2D eigenvalue weighted by Gasteiger charge is -2.07. The summed E-state index contributed by atoms with van der Waals surface area (Å²) in [5.41, 5.74) is 1.58. The fraction of sp³-hybridized carbons (Fsp3) is 0.167. The maximum absolute atomic E-state index is 12.9. The van der Waals surface area contributed by atoms with Gasteiger partial charge in [-0.1, -0.05) is 22.0 Å². The van der Waals surface area contributed by atoms with Crippen LogP contribution in [-0.2, 0) is 6.54 Å². The van der Waals surface area contributed by atoms with Crippen LogP contribution >= 0.6 is 15.9 Å². The van der Waals surface area contributed by atoms with Gasteiger partial charge in [0, 0.05) is 4.47 Å². The van der Waals surface area contributed by atoms with Gasteiger partial charge in [-0.25, -0.2) is 9.18 Å². The number of aromatic carboxylic acids is 1. The lowest BCUT2D eigenvalue weighted by Crippen LogP contribution is -2.06. The number of nitrogens with zero attached hydrogens (tertiary/aromatic N) is 2. The van der Waals surface area contributed by atoms with E-state index >= 15 is 0 Å². The second-order valence-electron chi connectivity index (χ2n) is 3.84. The molecule has 0 aliphatic heterocycles. The molecule has 2 rings (SSSR count). The fourth-order valence-corrected chi connectivity index (χ4v) is 2.10. The first-order valence-electron chi connectivity index (χ1n) is 5.18. The molecule has 0 aliphatic rings. The van der Waals surface area contributed by atoms with Crippen LogP contribution in [0.2, 0.25) is 0 Å². The molecule has 0 unspecified atom stereocenters. The molecule has 0 saturated heterocycles. The van der Waals surface area contributed by atoms with E-state index in [-0.39, 0.29) is 11.4 Å². The van der Waals surface area contributed by atoms with E-state index in [1.807, 2.05) is 0 Å². The summed E-state index contributed by atoms with van der Waals surface area (Å²) in [4.78, 5) is 10.9. The quantitative estimate of drug-likeness (QED) is 0.948. The summed E-state index contributed by atoms with van der Waals surface area (Å²) in [5, 5.41) is 12.9. The summed E-state index contributed by atoms with van der Waals surface area (Å²) in [5.74, 6) is -1.33. The van der Waals surface area contributed by atoms with Crippen molar-refractivity contribution in [2.45, 2.75) is 13.5 Å². The maximum atomic E-state index is 12.9. The molecule has 4 nitrogen and oxygen atoms in total. The molecule has 18 heavy (non-hydrogen) atoms. The predicted molar refractivity (Wildman–Crippen MR) is 67.1 cm³/mol. The Morgan fingerprint density at radius 1 is 1.56 bits per heavy atom. The molecule has 1 heterocycles. The first kappa shape index (κ1) is 12.8. The van der Waals surface area contributed by atoms with Crippen molar-refractivity contribution in [3.63, 3.8) is 0 Å². The first-order valence-corrected chi connectivity index (χ1v) is 5.98. The topological polar surface area (TPSA) is 55.1 Å². The monoisotopic (exact) mass is 312 g/mol. The largest absolute Gasteiger partial charge is 0.478 e. The molecule has 94 valence electrons. The highest BCUT2D eigenvalue weighted by atomic mass is 79.9. The standard InChI is InChI=1S/C12H10BrFN2O2/c1-7-10(12(17)18)5-15-16(7)6-8-2-3-9(14)4-11(8)13/h2-5H,6H2,1H3,(H,17,18). The van der Waals surface area contributed by atoms with Crippen molar-refractivity contribution in [3.8, 4) is 0 Å². The number of carboxylic acids is 1. The van der Waals surface area contributed by atoms with Crippen LogP contribution in [0.25, 0.3) is 0 Å². The number of carbonyl (C=O) groups is 1. The van der Waals surface area contributed by atoms with Crippen LogP contribution in [0.5, 0.6) is 0 Å². The summed E-state index contributed by atoms with van der Waals surface area (Å²) in [6.07, 6.45) is 1.31. The minimum absolute atomic E-state index is 0.174. The van der Waals surface area contributed by atoms with Gasteiger partial charge in [-0.3, -0.25) is 4.68 Å². The minimum atomic E-state index is -1.00. The second kappa shape index (κ2) is 4.89. The van der Waals surface area contributed by atoms with Gasteiger partial charge in [0.15, 0.2) is 0 Å². The Morgan fingerprint density at radius 2 is 2.28 bits per heavy atom. The van der Waals surface area contributed by atoms with Crippen molar-refractivity contribution in [2.24, 2.45) is 0 Å². The van der Waals surface area contributed by atoms with Crippen molar-refractivity contribution >= 4 is 21.9 Å². The summed E-state index contributed by atoms with van der Waals surface area (Å²) in [6.45, 7) is 2.08. The van der Waals surface area contributed by atoms with Crippen molar-refractivity contribution in [3.05, 3.63) is 51.5 Å². The zero-order valence-electron chi connectivity index (χ0n) is 9.52. The molecule has 1 aromatic heterocycles. The van der Waals surface area contributed by atoms with Crippen molar-refractivity contribution in [2.75, 3.05) is 0 Å². The molecule has 0 saturated carbocycles. The molecule has 6 heteroatoms. The van der Waals surface area contributed by atoms with Gasteiger partial charge in [0.2, 0.25) is 0 Å². The fourth-order valence-electron chi connectivity index (χ4n) is 1.63. The van der Waals surface area contributed by atoms with Crippen molar-refractivity contribution < 1.29 is 14.3 Å². The Bertz CT molecular complexity index is 610. The van der Waals surface area contributed by atoms with E-state index in [0.717, 1.165) is 5.56 Å². The third-order valence-electron chi connectivity index (χ3n) is 2.67. The molecule has 0 fully saturated rings. The Labute approximate surface area is 111 Å². The minimum Gasteiger partial charge on any atom is -0.478 e. The molecule has 0 aliphatic carbocycles. The number of aromatic nitrogens is 2. The number of carboxylic acid groups (broad SMARTS) is 1. The number of benzene rings is 1. The SMILES string of the molecule is Cc1c(C(=O)O)cnn1Cc1ccc(F)cc1Br. The van der Waals surface area contributed by atoms with Crippen LogP contribution in [-0.4, -0.2) is 20.9 Å². The number of rotatable bonds is 3. The van der Waals surface area contributed by atoms with E-state index < -0.39 is 5.97 Å². The van der Waals surface area contributed by atoms with Gasteiger partial charge in [0.1, 0.15) is 11.4 Å². The summed E-state index contributed by atoms with van der Waals surface area (Å²) < 4.78 is 15.1. The van der Waals surface area contributed by atoms with E-state index in [4.69, 9.17) is 5.11 Å². The summed E-state index contributed by atoms with van der Waals surface area (Å²) in [6, 6.07) is 4.37. The first-order chi connectivity index (χ1) is 8.49. The van der Waals surface area contributed by atoms with E-state index in [0.29, 0.717) is 16.7 Å². The Morgan fingerprint density at radius 3 is 2.83 bits per heavy atom. The van der Waals surface area contributed by atoms with Crippen LogP contribution in [0.15, 0.2) is 28.9 Å². The van der Waals surface area contributed by atoms with Crippen LogP contribution < -0.4 is 0 Å². The van der Waals surface area contributed by atoms with Crippen LogP contribution in [0.3, 0.4) is 0 Å². The molecule has 1 N–H and O–H groups in total. The number of halogens is 2. The molecule has 2 aromatic rings. The van der Waals surface area contributed by atoms with Crippen molar-refractivity contribution in [1.82, 2.24) is 9.78 Å². The van der Waals surface area contributed by atoms with E-state index in [1.54, 1.807) is 17.7 Å². The highest BCUT2D eigenvalue weighted by Gasteiger charge is 2.13. The number of hydrogen-bond donors (Lipinski definition) is 1. The van der Waals surface area contributed by atoms with Gasteiger partial charge in [-0.15, -0.1) is 0 Å². The second-order valence-corrected chi connectivity index (χ2v) is 4.70. The highest BCUT2D eigenvalue weighted by Crippen LogP contribution is 2.20. The van der Waals surface area contributed by atoms with Crippen LogP contribution in [0.1, 0.15) is 21.6 Å². The Kier molecular flexibility index (Phi) is 3.47. The van der Waals surface area contributed by atoms with Gasteiger partial charge < -0.3 is 5.11 Å². The van der Waals surface area contributed by atoms with E-state index in [9.17, 15) is 9.18 Å². The van der Waals surface area contributed by atoms with E-state index in [2.05, 4.69) is 21.0 Å². The predicted octanol–water partition coefficient (Wildman–Crippen LogP) is 2.84. The maximum Gasteiger partial charge on any atom is 0.339 e. The lowest BCUT2D eigenvalue weighted by molar-refractivity contribution is 0.0696. The van der Waals surface area contributed by atoms with Crippen LogP contribution in [0.4, 0.5) is 4.39 Å². The normalized spacial score (nSPS) is 10.6.